The van der Waals surface area contributed by atoms with E-state index in [1.807, 2.05) is 26.0 Å². The molecule has 5 nitrogen and oxygen atoms in total. The number of aryl methyl sites for hydroxylation is 1. The molecule has 1 aromatic carbocycles. The van der Waals surface area contributed by atoms with E-state index < -0.39 is 12.0 Å². The number of carbonyl (C=O) groups is 1. The highest BCUT2D eigenvalue weighted by Gasteiger charge is 2.17. The van der Waals surface area contributed by atoms with Crippen LogP contribution in [0.2, 0.25) is 0 Å². The molecule has 1 rings (SSSR count). The van der Waals surface area contributed by atoms with Crippen LogP contribution in [0, 0.1) is 6.92 Å². The average molecular weight is 253 g/mol. The van der Waals surface area contributed by atoms with Crippen molar-refractivity contribution in [2.45, 2.75) is 19.9 Å². The maximum absolute atomic E-state index is 10.9. The summed E-state index contributed by atoms with van der Waals surface area (Å²) in [5, 5.41) is 11.8. The van der Waals surface area contributed by atoms with Crippen LogP contribution >= 0.6 is 0 Å². The molecule has 5 heteroatoms. The summed E-state index contributed by atoms with van der Waals surface area (Å²) in [6, 6.07) is 4.79. The largest absolute Gasteiger partial charge is 0.493 e. The minimum Gasteiger partial charge on any atom is -0.493 e. The molecule has 0 saturated carbocycles. The SMILES string of the molecule is CCNC(COc1ccc(C)cc1OC)C(=O)O. The van der Waals surface area contributed by atoms with Crippen LogP contribution in [0.1, 0.15) is 12.5 Å². The molecule has 18 heavy (non-hydrogen) atoms. The van der Waals surface area contributed by atoms with Gasteiger partial charge in [-0.1, -0.05) is 13.0 Å². The molecule has 0 aliphatic carbocycles. The Balaban J connectivity index is 2.69. The molecule has 0 saturated heterocycles. The summed E-state index contributed by atoms with van der Waals surface area (Å²) in [6.45, 7) is 4.43. The first-order valence-electron chi connectivity index (χ1n) is 5.82. The topological polar surface area (TPSA) is 67.8 Å². The van der Waals surface area contributed by atoms with Gasteiger partial charge in [0.05, 0.1) is 7.11 Å². The van der Waals surface area contributed by atoms with E-state index in [1.165, 1.54) is 0 Å². The molecule has 1 aromatic rings. The Kier molecular flexibility index (Phi) is 5.45. The van der Waals surface area contributed by atoms with Crippen LogP contribution in [0.5, 0.6) is 11.5 Å². The van der Waals surface area contributed by atoms with E-state index in [-0.39, 0.29) is 6.61 Å². The maximum atomic E-state index is 10.9. The molecule has 0 aliphatic heterocycles. The summed E-state index contributed by atoms with van der Waals surface area (Å²) in [5.74, 6) is 0.228. The number of methoxy groups -OCH3 is 1. The fraction of sp³-hybridized carbons (Fsp3) is 0.462. The lowest BCUT2D eigenvalue weighted by Crippen LogP contribution is -2.41. The highest BCUT2D eigenvalue weighted by Crippen LogP contribution is 2.27. The van der Waals surface area contributed by atoms with Crippen LogP contribution in [0.15, 0.2) is 18.2 Å². The summed E-state index contributed by atoms with van der Waals surface area (Å²) in [6.07, 6.45) is 0. The van der Waals surface area contributed by atoms with Gasteiger partial charge in [0.25, 0.3) is 0 Å². The zero-order chi connectivity index (χ0) is 13.5. The number of benzene rings is 1. The van der Waals surface area contributed by atoms with Crippen LogP contribution in [0.4, 0.5) is 0 Å². The molecule has 0 heterocycles. The van der Waals surface area contributed by atoms with E-state index in [9.17, 15) is 4.79 Å². The Labute approximate surface area is 107 Å². The summed E-state index contributed by atoms with van der Waals surface area (Å²) in [4.78, 5) is 10.9. The van der Waals surface area contributed by atoms with Crippen LogP contribution in [-0.4, -0.2) is 37.4 Å². The zero-order valence-electron chi connectivity index (χ0n) is 10.9. The molecule has 0 spiro atoms. The second-order valence-electron chi connectivity index (χ2n) is 3.91. The molecule has 1 unspecified atom stereocenters. The second kappa shape index (κ2) is 6.86. The molecular weight excluding hydrogens is 234 g/mol. The number of likely N-dealkylation sites (N-methyl/N-ethyl adjacent to an activating group) is 1. The quantitative estimate of drug-likeness (QED) is 0.769. The van der Waals surface area contributed by atoms with E-state index in [2.05, 4.69) is 5.32 Å². The monoisotopic (exact) mass is 253 g/mol. The lowest BCUT2D eigenvalue weighted by atomic mass is 10.2. The fourth-order valence-electron chi connectivity index (χ4n) is 1.53. The van der Waals surface area contributed by atoms with Crippen molar-refractivity contribution in [3.8, 4) is 11.5 Å². The normalized spacial score (nSPS) is 11.9. The van der Waals surface area contributed by atoms with Gasteiger partial charge >= 0.3 is 5.97 Å². The smallest absolute Gasteiger partial charge is 0.324 e. The van der Waals surface area contributed by atoms with Crippen LogP contribution < -0.4 is 14.8 Å². The van der Waals surface area contributed by atoms with Crippen molar-refractivity contribution in [1.29, 1.82) is 0 Å². The predicted molar refractivity (Wildman–Crippen MR) is 68.3 cm³/mol. The maximum Gasteiger partial charge on any atom is 0.324 e. The predicted octanol–water partition coefficient (Wildman–Crippen LogP) is 1.45. The van der Waals surface area contributed by atoms with Gasteiger partial charge in [0.1, 0.15) is 12.6 Å². The lowest BCUT2D eigenvalue weighted by molar-refractivity contribution is -0.140. The third-order valence-corrected chi connectivity index (χ3v) is 2.47. The van der Waals surface area contributed by atoms with Gasteiger partial charge in [-0.15, -0.1) is 0 Å². The van der Waals surface area contributed by atoms with Crippen LogP contribution in [0.25, 0.3) is 0 Å². The Hall–Kier alpha value is -1.75. The van der Waals surface area contributed by atoms with Crippen molar-refractivity contribution < 1.29 is 19.4 Å². The number of aliphatic carboxylic acids is 1. The first kappa shape index (κ1) is 14.3. The molecule has 0 fully saturated rings. The van der Waals surface area contributed by atoms with Crippen molar-refractivity contribution in [3.63, 3.8) is 0 Å². The van der Waals surface area contributed by atoms with Gasteiger partial charge in [-0.2, -0.15) is 0 Å². The number of nitrogens with one attached hydrogen (secondary N) is 1. The Morgan fingerprint density at radius 2 is 2.17 bits per heavy atom. The zero-order valence-corrected chi connectivity index (χ0v) is 10.9. The van der Waals surface area contributed by atoms with Gasteiger partial charge in [-0.05, 0) is 31.2 Å². The average Bonchev–Trinajstić information content (AvgIpc) is 2.35. The van der Waals surface area contributed by atoms with Crippen LogP contribution in [0.3, 0.4) is 0 Å². The molecule has 0 bridgehead atoms. The summed E-state index contributed by atoms with van der Waals surface area (Å²) in [5.41, 5.74) is 1.06. The molecule has 0 aromatic heterocycles. The fourth-order valence-corrected chi connectivity index (χ4v) is 1.53. The van der Waals surface area contributed by atoms with Gasteiger partial charge in [0.15, 0.2) is 11.5 Å². The van der Waals surface area contributed by atoms with Gasteiger partial charge < -0.3 is 19.9 Å². The molecular formula is C13H19NO4. The third kappa shape index (κ3) is 3.92. The number of rotatable bonds is 7. The Morgan fingerprint density at radius 1 is 1.44 bits per heavy atom. The van der Waals surface area contributed by atoms with E-state index >= 15 is 0 Å². The van der Waals surface area contributed by atoms with Crippen molar-refractivity contribution in [1.82, 2.24) is 5.32 Å². The Morgan fingerprint density at radius 3 is 2.72 bits per heavy atom. The Bertz CT molecular complexity index is 406. The summed E-state index contributed by atoms with van der Waals surface area (Å²) in [7, 11) is 1.56. The number of carboxylic acids is 1. The highest BCUT2D eigenvalue weighted by atomic mass is 16.5. The molecule has 1 atom stereocenters. The molecule has 0 radical (unpaired) electrons. The van der Waals surface area contributed by atoms with Gasteiger partial charge in [0, 0.05) is 0 Å². The van der Waals surface area contributed by atoms with E-state index in [4.69, 9.17) is 14.6 Å². The van der Waals surface area contributed by atoms with Crippen molar-refractivity contribution in [2.75, 3.05) is 20.3 Å². The minimum absolute atomic E-state index is 0.0581. The molecule has 2 N–H and O–H groups in total. The first-order valence-corrected chi connectivity index (χ1v) is 5.82. The summed E-state index contributed by atoms with van der Waals surface area (Å²) >= 11 is 0. The van der Waals surface area contributed by atoms with Gasteiger partial charge in [0.2, 0.25) is 0 Å². The highest BCUT2D eigenvalue weighted by molar-refractivity contribution is 5.73. The van der Waals surface area contributed by atoms with E-state index in [1.54, 1.807) is 13.2 Å². The second-order valence-corrected chi connectivity index (χ2v) is 3.91. The number of carboxylic acid groups (broad SMARTS) is 1. The first-order chi connectivity index (χ1) is 8.58. The van der Waals surface area contributed by atoms with Crippen molar-refractivity contribution in [3.05, 3.63) is 23.8 Å². The standard InChI is InChI=1S/C13H19NO4/c1-4-14-10(13(15)16)8-18-11-6-5-9(2)7-12(11)17-3/h5-7,10,14H,4,8H2,1-3H3,(H,15,16). The van der Waals surface area contributed by atoms with Crippen LogP contribution in [-0.2, 0) is 4.79 Å². The molecule has 100 valence electrons. The molecule has 0 amide bonds. The minimum atomic E-state index is -0.928. The van der Waals surface area contributed by atoms with Gasteiger partial charge in [-0.3, -0.25) is 4.79 Å². The lowest BCUT2D eigenvalue weighted by Gasteiger charge is -2.16. The molecule has 0 aliphatic rings. The van der Waals surface area contributed by atoms with Crippen molar-refractivity contribution >= 4 is 5.97 Å². The number of hydrogen-bond acceptors (Lipinski definition) is 4. The van der Waals surface area contributed by atoms with Gasteiger partial charge in [-0.25, -0.2) is 0 Å². The van der Waals surface area contributed by atoms with E-state index in [0.29, 0.717) is 18.0 Å². The van der Waals surface area contributed by atoms with Crippen molar-refractivity contribution in [2.24, 2.45) is 0 Å². The third-order valence-electron chi connectivity index (χ3n) is 2.47. The van der Waals surface area contributed by atoms with E-state index in [0.717, 1.165) is 5.56 Å². The number of hydrogen-bond donors (Lipinski definition) is 2. The number of ether oxygens (including phenoxy) is 2. The summed E-state index contributed by atoms with van der Waals surface area (Å²) < 4.78 is 10.7.